The lowest BCUT2D eigenvalue weighted by Crippen LogP contribution is -2.50. The number of rotatable bonds is 7. The molecular weight excluding hydrogens is 257 g/mol. The van der Waals surface area contributed by atoms with Gasteiger partial charge in [0.25, 0.3) is 0 Å². The van der Waals surface area contributed by atoms with Crippen LogP contribution >= 0.6 is 0 Å². The average Bonchev–Trinajstić information content (AvgIpc) is 2.40. The van der Waals surface area contributed by atoms with E-state index >= 15 is 0 Å². The van der Waals surface area contributed by atoms with E-state index in [1.54, 1.807) is 12.1 Å². The number of methoxy groups -OCH3 is 1. The van der Waals surface area contributed by atoms with Gasteiger partial charge in [0.2, 0.25) is 0 Å². The Bertz CT molecular complexity index is 468. The number of halogens is 1. The molecule has 0 heterocycles. The highest BCUT2D eigenvalue weighted by Crippen LogP contribution is 2.25. The molecule has 3 nitrogen and oxygen atoms in total. The number of nitrogens with zero attached hydrogens (tertiary/aromatic N) is 1. The van der Waals surface area contributed by atoms with E-state index in [2.05, 4.69) is 0 Å². The smallest absolute Gasteiger partial charge is 0.165 e. The highest BCUT2D eigenvalue weighted by Gasteiger charge is 2.36. The molecule has 0 unspecified atom stereocenters. The predicted octanol–water partition coefficient (Wildman–Crippen LogP) is 3.07. The maximum atomic E-state index is 13.7. The zero-order chi connectivity index (χ0) is 15.3. The van der Waals surface area contributed by atoms with Crippen molar-refractivity contribution in [2.45, 2.75) is 38.6 Å². The Kier molecular flexibility index (Phi) is 5.69. The normalized spacial score (nSPS) is 11.8. The summed E-state index contributed by atoms with van der Waals surface area (Å²) >= 11 is 0. The van der Waals surface area contributed by atoms with Gasteiger partial charge < -0.3 is 4.74 Å². The van der Waals surface area contributed by atoms with Gasteiger partial charge >= 0.3 is 0 Å². The van der Waals surface area contributed by atoms with Crippen LogP contribution in [0.15, 0.2) is 18.2 Å². The zero-order valence-corrected chi connectivity index (χ0v) is 13.0. The molecule has 0 atom stereocenters. The fourth-order valence-corrected chi connectivity index (χ4v) is 2.70. The molecule has 0 aliphatic rings. The third kappa shape index (κ3) is 3.18. The Morgan fingerprint density at radius 2 is 1.90 bits per heavy atom. The van der Waals surface area contributed by atoms with E-state index in [0.717, 1.165) is 12.8 Å². The Morgan fingerprint density at radius 1 is 1.30 bits per heavy atom. The first-order valence-electron chi connectivity index (χ1n) is 6.94. The molecule has 0 fully saturated rings. The minimum Gasteiger partial charge on any atom is -0.494 e. The van der Waals surface area contributed by atoms with Crippen LogP contribution in [0.25, 0.3) is 0 Å². The van der Waals surface area contributed by atoms with Gasteiger partial charge in [-0.05, 0) is 44.6 Å². The molecule has 20 heavy (non-hydrogen) atoms. The quantitative estimate of drug-likeness (QED) is 0.769. The molecule has 0 aromatic heterocycles. The molecule has 112 valence electrons. The first-order valence-corrected chi connectivity index (χ1v) is 6.94. The molecule has 0 saturated heterocycles. The third-order valence-electron chi connectivity index (χ3n) is 4.13. The van der Waals surface area contributed by atoms with Gasteiger partial charge in [-0.2, -0.15) is 0 Å². The summed E-state index contributed by atoms with van der Waals surface area (Å²) in [4.78, 5) is 14.6. The van der Waals surface area contributed by atoms with Crippen LogP contribution < -0.4 is 4.74 Å². The largest absolute Gasteiger partial charge is 0.494 e. The number of hydrogen-bond donors (Lipinski definition) is 0. The van der Waals surface area contributed by atoms with Crippen molar-refractivity contribution in [3.8, 4) is 5.75 Å². The Hall–Kier alpha value is -1.42. The standard InChI is InChI=1S/C16H24FNO2/c1-6-16(7-2,18(3)4)15(19)11-12-8-9-14(20-5)13(17)10-12/h8-10H,6-7,11H2,1-5H3. The third-order valence-corrected chi connectivity index (χ3v) is 4.13. The van der Waals surface area contributed by atoms with Crippen LogP contribution in [0.2, 0.25) is 0 Å². The molecule has 1 aromatic carbocycles. The van der Waals surface area contributed by atoms with Gasteiger partial charge in [-0.25, -0.2) is 4.39 Å². The molecular formula is C16H24FNO2. The van der Waals surface area contributed by atoms with Gasteiger partial charge in [0, 0.05) is 6.42 Å². The van der Waals surface area contributed by atoms with Crippen LogP contribution in [-0.2, 0) is 11.2 Å². The monoisotopic (exact) mass is 281 g/mol. The molecule has 0 aliphatic heterocycles. The van der Waals surface area contributed by atoms with E-state index in [4.69, 9.17) is 4.74 Å². The lowest BCUT2D eigenvalue weighted by molar-refractivity contribution is -0.129. The summed E-state index contributed by atoms with van der Waals surface area (Å²) in [5.41, 5.74) is 0.206. The van der Waals surface area contributed by atoms with Gasteiger partial charge in [0.05, 0.1) is 12.6 Å². The van der Waals surface area contributed by atoms with Crippen molar-refractivity contribution in [2.75, 3.05) is 21.2 Å². The van der Waals surface area contributed by atoms with Crippen molar-refractivity contribution in [1.82, 2.24) is 4.90 Å². The van der Waals surface area contributed by atoms with Crippen molar-refractivity contribution in [3.63, 3.8) is 0 Å². The molecule has 0 bridgehead atoms. The average molecular weight is 281 g/mol. The Labute approximate surface area is 120 Å². The number of ketones is 1. The second kappa shape index (κ2) is 6.84. The van der Waals surface area contributed by atoms with Crippen molar-refractivity contribution in [2.24, 2.45) is 0 Å². The summed E-state index contributed by atoms with van der Waals surface area (Å²) in [6, 6.07) is 4.68. The molecule has 4 heteroatoms. The SMILES string of the molecule is CCC(CC)(C(=O)Cc1ccc(OC)c(F)c1)N(C)C. The number of hydrogen-bond acceptors (Lipinski definition) is 3. The molecule has 0 N–H and O–H groups in total. The lowest BCUT2D eigenvalue weighted by Gasteiger charge is -2.37. The van der Waals surface area contributed by atoms with Gasteiger partial charge in [-0.15, -0.1) is 0 Å². The number of carbonyl (C=O) groups excluding carboxylic acids is 1. The second-order valence-corrected chi connectivity index (χ2v) is 5.20. The summed E-state index contributed by atoms with van der Waals surface area (Å²) in [5, 5.41) is 0. The second-order valence-electron chi connectivity index (χ2n) is 5.20. The minimum absolute atomic E-state index is 0.122. The molecule has 0 saturated carbocycles. The van der Waals surface area contributed by atoms with Crippen LogP contribution in [0.5, 0.6) is 5.75 Å². The molecule has 0 amide bonds. The van der Waals surface area contributed by atoms with Crippen LogP contribution in [0.3, 0.4) is 0 Å². The predicted molar refractivity (Wildman–Crippen MR) is 78.7 cm³/mol. The molecule has 1 rings (SSSR count). The van der Waals surface area contributed by atoms with Crippen LogP contribution in [0, 0.1) is 5.82 Å². The van der Waals surface area contributed by atoms with E-state index in [1.165, 1.54) is 13.2 Å². The fourth-order valence-electron chi connectivity index (χ4n) is 2.70. The lowest BCUT2D eigenvalue weighted by atomic mass is 9.83. The van der Waals surface area contributed by atoms with E-state index in [9.17, 15) is 9.18 Å². The molecule has 0 aliphatic carbocycles. The summed E-state index contributed by atoms with van der Waals surface area (Å²) in [6.07, 6.45) is 1.72. The molecule has 1 aromatic rings. The highest BCUT2D eigenvalue weighted by atomic mass is 19.1. The van der Waals surface area contributed by atoms with Gasteiger partial charge in [-0.3, -0.25) is 9.69 Å². The van der Waals surface area contributed by atoms with E-state index < -0.39 is 11.4 Å². The highest BCUT2D eigenvalue weighted by molar-refractivity contribution is 5.90. The zero-order valence-electron chi connectivity index (χ0n) is 13.0. The Balaban J connectivity index is 2.97. The van der Waals surface area contributed by atoms with E-state index in [-0.39, 0.29) is 18.0 Å². The Morgan fingerprint density at radius 3 is 2.30 bits per heavy atom. The van der Waals surface area contributed by atoms with E-state index in [1.807, 2.05) is 32.8 Å². The first-order chi connectivity index (χ1) is 9.41. The van der Waals surface area contributed by atoms with Gasteiger partial charge in [-0.1, -0.05) is 19.9 Å². The topological polar surface area (TPSA) is 29.5 Å². The van der Waals surface area contributed by atoms with Crippen molar-refractivity contribution in [1.29, 1.82) is 0 Å². The van der Waals surface area contributed by atoms with Crippen LogP contribution in [-0.4, -0.2) is 37.4 Å². The maximum Gasteiger partial charge on any atom is 0.165 e. The van der Waals surface area contributed by atoms with Crippen molar-refractivity contribution in [3.05, 3.63) is 29.6 Å². The number of benzene rings is 1. The van der Waals surface area contributed by atoms with Crippen molar-refractivity contribution >= 4 is 5.78 Å². The summed E-state index contributed by atoms with van der Waals surface area (Å²) in [5.74, 6) is -0.107. The fraction of sp³-hybridized carbons (Fsp3) is 0.562. The van der Waals surface area contributed by atoms with Crippen molar-refractivity contribution < 1.29 is 13.9 Å². The van der Waals surface area contributed by atoms with Crippen LogP contribution in [0.4, 0.5) is 4.39 Å². The number of carbonyl (C=O) groups is 1. The molecule has 0 radical (unpaired) electrons. The number of ether oxygens (including phenoxy) is 1. The molecule has 0 spiro atoms. The summed E-state index contributed by atoms with van der Waals surface area (Å²) in [6.45, 7) is 4.02. The minimum atomic E-state index is -0.476. The van der Waals surface area contributed by atoms with Gasteiger partial charge in [0.15, 0.2) is 17.3 Å². The maximum absolute atomic E-state index is 13.7. The summed E-state index contributed by atoms with van der Waals surface area (Å²) < 4.78 is 18.6. The number of Topliss-reactive ketones (excluding diaryl/α,β-unsaturated/α-hetero) is 1. The summed E-state index contributed by atoms with van der Waals surface area (Å²) in [7, 11) is 5.26. The number of likely N-dealkylation sites (N-methyl/N-ethyl adjacent to an activating group) is 1. The van der Waals surface area contributed by atoms with E-state index in [0.29, 0.717) is 5.56 Å². The van der Waals surface area contributed by atoms with Gasteiger partial charge in [0.1, 0.15) is 0 Å². The van der Waals surface area contributed by atoms with Crippen LogP contribution in [0.1, 0.15) is 32.3 Å². The first kappa shape index (κ1) is 16.6.